The standard InChI is InChI=1S/C8H15NO2/c1-4-11-9(3)7(10)8(2)5-6-8/h4-6H2,1-3H3. The average molecular weight is 157 g/mol. The number of carbonyl (C=O) groups is 1. The van der Waals surface area contributed by atoms with Crippen molar-refractivity contribution in [1.29, 1.82) is 0 Å². The zero-order chi connectivity index (χ0) is 8.48. The van der Waals surface area contributed by atoms with Gasteiger partial charge < -0.3 is 0 Å². The monoisotopic (exact) mass is 157 g/mol. The summed E-state index contributed by atoms with van der Waals surface area (Å²) in [6.07, 6.45) is 2.01. The molecule has 0 atom stereocenters. The molecule has 0 aromatic rings. The molecule has 1 aliphatic carbocycles. The molecule has 0 N–H and O–H groups in total. The number of amides is 1. The van der Waals surface area contributed by atoms with Crippen molar-refractivity contribution in [2.75, 3.05) is 13.7 Å². The first-order chi connectivity index (χ1) is 5.10. The zero-order valence-corrected chi connectivity index (χ0v) is 7.39. The van der Waals surface area contributed by atoms with Gasteiger partial charge >= 0.3 is 0 Å². The molecule has 0 heterocycles. The van der Waals surface area contributed by atoms with Gasteiger partial charge in [-0.1, -0.05) is 6.92 Å². The van der Waals surface area contributed by atoms with Gasteiger partial charge in [-0.3, -0.25) is 9.63 Å². The molecule has 1 amide bonds. The van der Waals surface area contributed by atoms with Crippen molar-refractivity contribution in [1.82, 2.24) is 5.06 Å². The highest BCUT2D eigenvalue weighted by atomic mass is 16.7. The fraction of sp³-hybridized carbons (Fsp3) is 0.875. The molecule has 64 valence electrons. The van der Waals surface area contributed by atoms with E-state index in [-0.39, 0.29) is 11.3 Å². The van der Waals surface area contributed by atoms with E-state index >= 15 is 0 Å². The lowest BCUT2D eigenvalue weighted by Crippen LogP contribution is -2.32. The van der Waals surface area contributed by atoms with Crippen molar-refractivity contribution in [3.05, 3.63) is 0 Å². The predicted octanol–water partition coefficient (Wildman–Crippen LogP) is 1.20. The van der Waals surface area contributed by atoms with Gasteiger partial charge in [0.25, 0.3) is 5.91 Å². The molecule has 0 aromatic carbocycles. The lowest BCUT2D eigenvalue weighted by molar-refractivity contribution is -0.182. The second-order valence-electron chi connectivity index (χ2n) is 3.28. The minimum atomic E-state index is -0.107. The number of hydrogen-bond acceptors (Lipinski definition) is 2. The van der Waals surface area contributed by atoms with E-state index in [0.29, 0.717) is 6.61 Å². The van der Waals surface area contributed by atoms with Crippen LogP contribution in [0.2, 0.25) is 0 Å². The number of hydroxylamine groups is 2. The number of nitrogens with zero attached hydrogens (tertiary/aromatic N) is 1. The van der Waals surface area contributed by atoms with Crippen LogP contribution in [0.3, 0.4) is 0 Å². The summed E-state index contributed by atoms with van der Waals surface area (Å²) in [5, 5.41) is 1.35. The second-order valence-corrected chi connectivity index (χ2v) is 3.28. The molecular weight excluding hydrogens is 142 g/mol. The molecule has 11 heavy (non-hydrogen) atoms. The maximum atomic E-state index is 11.4. The van der Waals surface area contributed by atoms with Crippen LogP contribution in [0.5, 0.6) is 0 Å². The Bertz CT molecular complexity index is 163. The lowest BCUT2D eigenvalue weighted by atomic mass is 10.1. The predicted molar refractivity (Wildman–Crippen MR) is 41.7 cm³/mol. The fourth-order valence-electron chi connectivity index (χ4n) is 1.03. The second kappa shape index (κ2) is 2.81. The van der Waals surface area contributed by atoms with Gasteiger partial charge in [-0.25, -0.2) is 5.06 Å². The van der Waals surface area contributed by atoms with Crippen molar-refractivity contribution in [2.45, 2.75) is 26.7 Å². The van der Waals surface area contributed by atoms with E-state index in [1.54, 1.807) is 7.05 Å². The first kappa shape index (κ1) is 8.53. The van der Waals surface area contributed by atoms with Gasteiger partial charge in [-0.2, -0.15) is 0 Å². The van der Waals surface area contributed by atoms with Crippen molar-refractivity contribution < 1.29 is 9.63 Å². The van der Waals surface area contributed by atoms with Gasteiger partial charge in [-0.05, 0) is 19.8 Å². The summed E-state index contributed by atoms with van der Waals surface area (Å²) in [6.45, 7) is 4.40. The third-order valence-electron chi connectivity index (χ3n) is 2.13. The molecule has 0 aliphatic heterocycles. The van der Waals surface area contributed by atoms with Crippen LogP contribution >= 0.6 is 0 Å². The maximum absolute atomic E-state index is 11.4. The van der Waals surface area contributed by atoms with E-state index in [4.69, 9.17) is 4.84 Å². The van der Waals surface area contributed by atoms with E-state index in [0.717, 1.165) is 12.8 Å². The Kier molecular flexibility index (Phi) is 2.18. The van der Waals surface area contributed by atoms with Crippen LogP contribution in [0.4, 0.5) is 0 Å². The highest BCUT2D eigenvalue weighted by Gasteiger charge is 2.46. The van der Waals surface area contributed by atoms with E-state index in [9.17, 15) is 4.79 Å². The Hall–Kier alpha value is -0.570. The highest BCUT2D eigenvalue weighted by molar-refractivity contribution is 5.83. The molecule has 1 saturated carbocycles. The van der Waals surface area contributed by atoms with Crippen LogP contribution < -0.4 is 0 Å². The van der Waals surface area contributed by atoms with Crippen LogP contribution in [-0.4, -0.2) is 24.6 Å². The van der Waals surface area contributed by atoms with E-state index < -0.39 is 0 Å². The number of carbonyl (C=O) groups excluding carboxylic acids is 1. The van der Waals surface area contributed by atoms with E-state index in [1.165, 1.54) is 5.06 Å². The Balaban J connectivity index is 2.40. The molecule has 1 rings (SSSR count). The number of rotatable bonds is 3. The minimum Gasteiger partial charge on any atom is -0.272 e. The summed E-state index contributed by atoms with van der Waals surface area (Å²) in [4.78, 5) is 16.5. The van der Waals surface area contributed by atoms with Gasteiger partial charge in [0, 0.05) is 12.5 Å². The molecule has 0 bridgehead atoms. The summed E-state index contributed by atoms with van der Waals surface area (Å²) < 4.78 is 0. The van der Waals surface area contributed by atoms with Crippen LogP contribution in [0, 0.1) is 5.41 Å². The smallest absolute Gasteiger partial charge is 0.251 e. The molecular formula is C8H15NO2. The summed E-state index contributed by atoms with van der Waals surface area (Å²) >= 11 is 0. The molecule has 0 spiro atoms. The third-order valence-corrected chi connectivity index (χ3v) is 2.13. The summed E-state index contributed by atoms with van der Waals surface area (Å²) in [5.41, 5.74) is -0.107. The van der Waals surface area contributed by atoms with Crippen LogP contribution in [0.25, 0.3) is 0 Å². The average Bonchev–Trinajstić information content (AvgIpc) is 2.68. The van der Waals surface area contributed by atoms with Gasteiger partial charge in [-0.15, -0.1) is 0 Å². The van der Waals surface area contributed by atoms with Crippen LogP contribution in [0.1, 0.15) is 26.7 Å². The first-order valence-corrected chi connectivity index (χ1v) is 4.01. The Morgan fingerprint density at radius 1 is 1.64 bits per heavy atom. The van der Waals surface area contributed by atoms with Gasteiger partial charge in [0.2, 0.25) is 0 Å². The molecule has 1 fully saturated rings. The zero-order valence-electron chi connectivity index (χ0n) is 7.39. The lowest BCUT2D eigenvalue weighted by Gasteiger charge is -2.18. The molecule has 0 saturated heterocycles. The summed E-state index contributed by atoms with van der Waals surface area (Å²) in [5.74, 6) is 0.111. The van der Waals surface area contributed by atoms with E-state index in [1.807, 2.05) is 13.8 Å². The molecule has 0 unspecified atom stereocenters. The Morgan fingerprint density at radius 3 is 2.55 bits per heavy atom. The van der Waals surface area contributed by atoms with Crippen molar-refractivity contribution >= 4 is 5.91 Å². The Morgan fingerprint density at radius 2 is 2.18 bits per heavy atom. The Labute approximate surface area is 67.3 Å². The van der Waals surface area contributed by atoms with E-state index in [2.05, 4.69) is 0 Å². The molecule has 1 aliphatic rings. The van der Waals surface area contributed by atoms with Gasteiger partial charge in [0.15, 0.2) is 0 Å². The molecule has 3 nitrogen and oxygen atoms in total. The highest BCUT2D eigenvalue weighted by Crippen LogP contribution is 2.46. The van der Waals surface area contributed by atoms with Crippen molar-refractivity contribution in [3.63, 3.8) is 0 Å². The molecule has 3 heteroatoms. The third kappa shape index (κ3) is 1.71. The topological polar surface area (TPSA) is 29.5 Å². The van der Waals surface area contributed by atoms with Crippen molar-refractivity contribution in [3.8, 4) is 0 Å². The first-order valence-electron chi connectivity index (χ1n) is 4.01. The van der Waals surface area contributed by atoms with Gasteiger partial charge in [0.05, 0.1) is 6.61 Å². The maximum Gasteiger partial charge on any atom is 0.251 e. The van der Waals surface area contributed by atoms with Crippen LogP contribution in [0.15, 0.2) is 0 Å². The minimum absolute atomic E-state index is 0.107. The largest absolute Gasteiger partial charge is 0.272 e. The van der Waals surface area contributed by atoms with Crippen molar-refractivity contribution in [2.24, 2.45) is 5.41 Å². The summed E-state index contributed by atoms with van der Waals surface area (Å²) in [6, 6.07) is 0. The van der Waals surface area contributed by atoms with Gasteiger partial charge in [0.1, 0.15) is 0 Å². The quantitative estimate of drug-likeness (QED) is 0.576. The summed E-state index contributed by atoms with van der Waals surface area (Å²) in [7, 11) is 1.68. The fourth-order valence-corrected chi connectivity index (χ4v) is 1.03. The molecule has 0 radical (unpaired) electrons. The van der Waals surface area contributed by atoms with Crippen LogP contribution in [-0.2, 0) is 9.63 Å². The SMILES string of the molecule is CCON(C)C(=O)C1(C)CC1. The molecule has 0 aromatic heterocycles. The number of hydrogen-bond donors (Lipinski definition) is 0. The normalized spacial score (nSPS) is 19.5.